The molecule has 0 aliphatic rings. The normalized spacial score (nSPS) is 12.6. The summed E-state index contributed by atoms with van der Waals surface area (Å²) >= 11 is 0. The van der Waals surface area contributed by atoms with Gasteiger partial charge >= 0.3 is 6.18 Å². The zero-order valence-electron chi connectivity index (χ0n) is 18.0. The predicted molar refractivity (Wildman–Crippen MR) is 109 cm³/mol. The molecule has 0 spiro atoms. The van der Waals surface area contributed by atoms with Gasteiger partial charge in [-0.15, -0.1) is 0 Å². The Morgan fingerprint density at radius 1 is 1.19 bits per heavy atom. The maximum absolute atomic E-state index is 13.5. The number of furan rings is 1. The number of hydrogen-bond acceptors (Lipinski definition) is 5. The summed E-state index contributed by atoms with van der Waals surface area (Å²) in [6.45, 7) is 4.60. The second kappa shape index (κ2) is 11.0. The molecular formula is C21H26F3N3O5. The number of methoxy groups -OCH3 is 1. The van der Waals surface area contributed by atoms with E-state index < -0.39 is 40.8 Å². The molecule has 0 saturated heterocycles. The van der Waals surface area contributed by atoms with Crippen LogP contribution < -0.4 is 16.1 Å². The highest BCUT2D eigenvalue weighted by molar-refractivity contribution is 5.99. The van der Waals surface area contributed by atoms with Gasteiger partial charge in [0, 0.05) is 32.6 Å². The lowest BCUT2D eigenvalue weighted by molar-refractivity contribution is -0.159. The van der Waals surface area contributed by atoms with Crippen molar-refractivity contribution in [3.05, 3.63) is 57.9 Å². The van der Waals surface area contributed by atoms with Gasteiger partial charge < -0.3 is 24.4 Å². The molecular weight excluding hydrogens is 431 g/mol. The van der Waals surface area contributed by atoms with Gasteiger partial charge in [-0.3, -0.25) is 14.4 Å². The van der Waals surface area contributed by atoms with E-state index in [2.05, 4.69) is 5.32 Å². The quantitative estimate of drug-likeness (QED) is 0.534. The Kier molecular flexibility index (Phi) is 8.64. The van der Waals surface area contributed by atoms with Crippen LogP contribution in [0.3, 0.4) is 0 Å². The van der Waals surface area contributed by atoms with Crippen LogP contribution in [0.1, 0.15) is 52.8 Å². The van der Waals surface area contributed by atoms with Crippen LogP contribution in [0.2, 0.25) is 0 Å². The standard InChI is InChI=1S/C21H26F3N3O5/c1-13(2)6-8-27-11-14(19(29)25-7-10-31-3)17(28)15(12-27)20(30)26-18(21(22,23)24)16-5-4-9-32-16/h4-5,9,11-13,18H,6-8,10H2,1-3H3,(H,25,29)(H,26,30)/t18-/m0/s1. The summed E-state index contributed by atoms with van der Waals surface area (Å²) in [4.78, 5) is 38.0. The highest BCUT2D eigenvalue weighted by Gasteiger charge is 2.44. The van der Waals surface area contributed by atoms with E-state index in [-0.39, 0.29) is 24.6 Å². The molecule has 0 aliphatic heterocycles. The van der Waals surface area contributed by atoms with E-state index >= 15 is 0 Å². The van der Waals surface area contributed by atoms with Crippen LogP contribution in [-0.4, -0.2) is 42.8 Å². The second-order valence-corrected chi connectivity index (χ2v) is 7.55. The van der Waals surface area contributed by atoms with Gasteiger partial charge in [-0.25, -0.2) is 0 Å². The number of alkyl halides is 3. The monoisotopic (exact) mass is 457 g/mol. The van der Waals surface area contributed by atoms with Gasteiger partial charge in [0.2, 0.25) is 5.43 Å². The van der Waals surface area contributed by atoms with Crippen LogP contribution in [0.15, 0.2) is 40.0 Å². The van der Waals surface area contributed by atoms with Crippen molar-refractivity contribution >= 4 is 11.8 Å². The maximum Gasteiger partial charge on any atom is 0.415 e. The molecule has 2 rings (SSSR count). The molecule has 32 heavy (non-hydrogen) atoms. The van der Waals surface area contributed by atoms with Crippen molar-refractivity contribution in [2.45, 2.75) is 39.0 Å². The smallest absolute Gasteiger partial charge is 0.415 e. The Morgan fingerprint density at radius 3 is 2.38 bits per heavy atom. The number of rotatable bonds is 10. The van der Waals surface area contributed by atoms with Crippen LogP contribution in [0.5, 0.6) is 0 Å². The summed E-state index contributed by atoms with van der Waals surface area (Å²) in [6.07, 6.45) is -0.714. The first-order valence-corrected chi connectivity index (χ1v) is 9.96. The second-order valence-electron chi connectivity index (χ2n) is 7.55. The fourth-order valence-electron chi connectivity index (χ4n) is 2.83. The summed E-state index contributed by atoms with van der Waals surface area (Å²) in [5, 5.41) is 4.29. The fraction of sp³-hybridized carbons (Fsp3) is 0.476. The fourth-order valence-corrected chi connectivity index (χ4v) is 2.83. The van der Waals surface area contributed by atoms with E-state index in [9.17, 15) is 27.6 Å². The highest BCUT2D eigenvalue weighted by Crippen LogP contribution is 2.33. The number of amides is 2. The van der Waals surface area contributed by atoms with Crippen molar-refractivity contribution in [1.82, 2.24) is 15.2 Å². The van der Waals surface area contributed by atoms with Gasteiger partial charge in [-0.1, -0.05) is 13.8 Å². The molecule has 0 aliphatic carbocycles. The van der Waals surface area contributed by atoms with Gasteiger partial charge in [0.25, 0.3) is 11.8 Å². The molecule has 0 aromatic carbocycles. The average molecular weight is 457 g/mol. The first-order chi connectivity index (χ1) is 15.0. The van der Waals surface area contributed by atoms with Crippen LogP contribution in [0.25, 0.3) is 0 Å². The first-order valence-electron chi connectivity index (χ1n) is 9.96. The summed E-state index contributed by atoms with van der Waals surface area (Å²) in [5.74, 6) is -2.27. The molecule has 2 amide bonds. The third-order valence-electron chi connectivity index (χ3n) is 4.56. The topological polar surface area (TPSA) is 103 Å². The van der Waals surface area contributed by atoms with Gasteiger partial charge in [-0.2, -0.15) is 13.2 Å². The van der Waals surface area contributed by atoms with Crippen LogP contribution in [0.4, 0.5) is 13.2 Å². The number of pyridine rings is 1. The first kappa shape index (κ1) is 25.2. The minimum absolute atomic E-state index is 0.117. The summed E-state index contributed by atoms with van der Waals surface area (Å²) in [6, 6.07) is -0.129. The van der Waals surface area contributed by atoms with E-state index in [0.29, 0.717) is 13.0 Å². The number of carbonyl (C=O) groups is 2. The lowest BCUT2D eigenvalue weighted by Gasteiger charge is -2.20. The van der Waals surface area contributed by atoms with Crippen LogP contribution in [-0.2, 0) is 11.3 Å². The minimum Gasteiger partial charge on any atom is -0.467 e. The number of hydrogen-bond donors (Lipinski definition) is 2. The summed E-state index contributed by atoms with van der Waals surface area (Å²) in [7, 11) is 1.44. The predicted octanol–water partition coefficient (Wildman–Crippen LogP) is 2.90. The molecule has 0 bridgehead atoms. The molecule has 2 N–H and O–H groups in total. The van der Waals surface area contributed by atoms with Crippen LogP contribution in [0, 0.1) is 5.92 Å². The molecule has 2 heterocycles. The third kappa shape index (κ3) is 6.71. The number of aryl methyl sites for hydroxylation is 1. The van der Waals surface area contributed by atoms with Crippen LogP contribution >= 0.6 is 0 Å². The van der Waals surface area contributed by atoms with Gasteiger partial charge in [0.15, 0.2) is 6.04 Å². The highest BCUT2D eigenvalue weighted by atomic mass is 19.4. The van der Waals surface area contributed by atoms with E-state index in [4.69, 9.17) is 9.15 Å². The third-order valence-corrected chi connectivity index (χ3v) is 4.56. The van der Waals surface area contributed by atoms with E-state index in [1.165, 1.54) is 23.9 Å². The van der Waals surface area contributed by atoms with Crippen molar-refractivity contribution in [3.8, 4) is 0 Å². The zero-order valence-corrected chi connectivity index (χ0v) is 18.0. The van der Waals surface area contributed by atoms with Crippen molar-refractivity contribution in [2.24, 2.45) is 5.92 Å². The SMILES string of the molecule is COCCNC(=O)c1cn(CCC(C)C)cc(C(=O)N[C@@H](c2ccco2)C(F)(F)F)c1=O. The number of carbonyl (C=O) groups excluding carboxylic acids is 2. The van der Waals surface area contributed by atoms with E-state index in [0.717, 1.165) is 18.5 Å². The summed E-state index contributed by atoms with van der Waals surface area (Å²) < 4.78 is 51.6. The average Bonchev–Trinajstić information content (AvgIpc) is 3.24. The Hall–Kier alpha value is -3.08. The molecule has 2 aromatic heterocycles. The lowest BCUT2D eigenvalue weighted by Crippen LogP contribution is -2.41. The maximum atomic E-state index is 13.5. The Labute approximate surface area is 182 Å². The van der Waals surface area contributed by atoms with Crippen molar-refractivity contribution in [2.75, 3.05) is 20.3 Å². The number of halogens is 3. The van der Waals surface area contributed by atoms with Crippen molar-refractivity contribution < 1.29 is 31.9 Å². The summed E-state index contributed by atoms with van der Waals surface area (Å²) in [5.41, 5.74) is -1.90. The largest absolute Gasteiger partial charge is 0.467 e. The Balaban J connectivity index is 2.41. The van der Waals surface area contributed by atoms with Gasteiger partial charge in [-0.05, 0) is 24.5 Å². The molecule has 2 aromatic rings. The minimum atomic E-state index is -4.86. The molecule has 8 nitrogen and oxygen atoms in total. The number of aromatic nitrogens is 1. The number of ether oxygens (including phenoxy) is 1. The molecule has 0 fully saturated rings. The van der Waals surface area contributed by atoms with E-state index in [1.807, 2.05) is 13.8 Å². The van der Waals surface area contributed by atoms with Gasteiger partial charge in [0.05, 0.1) is 12.9 Å². The molecule has 11 heteroatoms. The number of nitrogens with zero attached hydrogens (tertiary/aromatic N) is 1. The zero-order chi connectivity index (χ0) is 23.9. The Morgan fingerprint density at radius 2 is 1.84 bits per heavy atom. The molecule has 0 unspecified atom stereocenters. The number of nitrogens with one attached hydrogen (secondary N) is 2. The Bertz CT molecular complexity index is 968. The molecule has 176 valence electrons. The molecule has 1 atom stereocenters. The molecule has 0 saturated carbocycles. The van der Waals surface area contributed by atoms with Gasteiger partial charge in [0.1, 0.15) is 16.9 Å². The lowest BCUT2D eigenvalue weighted by atomic mass is 10.1. The molecule has 0 radical (unpaired) electrons. The van der Waals surface area contributed by atoms with Crippen molar-refractivity contribution in [1.29, 1.82) is 0 Å². The van der Waals surface area contributed by atoms with E-state index in [1.54, 1.807) is 5.32 Å². The van der Waals surface area contributed by atoms with Crippen molar-refractivity contribution in [3.63, 3.8) is 0 Å².